The third kappa shape index (κ3) is 3.03. The average Bonchev–Trinajstić information content (AvgIpc) is 3.07. The van der Waals surface area contributed by atoms with Crippen molar-refractivity contribution in [3.63, 3.8) is 0 Å². The highest BCUT2D eigenvalue weighted by Crippen LogP contribution is 2.30. The van der Waals surface area contributed by atoms with Gasteiger partial charge in [-0.15, -0.1) is 0 Å². The molecule has 106 valence electrons. The van der Waals surface area contributed by atoms with Crippen molar-refractivity contribution < 1.29 is 4.74 Å². The van der Waals surface area contributed by atoms with E-state index in [2.05, 4.69) is 35.0 Å². The van der Waals surface area contributed by atoms with Crippen LogP contribution in [0.15, 0.2) is 24.0 Å². The number of hydrogen-bond donors (Lipinski definition) is 0. The second kappa shape index (κ2) is 6.10. The van der Waals surface area contributed by atoms with Crippen molar-refractivity contribution >= 4 is 0 Å². The zero-order valence-corrected chi connectivity index (χ0v) is 12.1. The Morgan fingerprint density at radius 1 is 1.26 bits per heavy atom. The van der Waals surface area contributed by atoms with E-state index < -0.39 is 0 Å². The van der Waals surface area contributed by atoms with Crippen molar-refractivity contribution in [2.24, 2.45) is 5.92 Å². The summed E-state index contributed by atoms with van der Waals surface area (Å²) in [5.41, 5.74) is 0. The summed E-state index contributed by atoms with van der Waals surface area (Å²) in [7, 11) is 0. The molecule has 0 spiro atoms. The van der Waals surface area contributed by atoms with Gasteiger partial charge in [-0.25, -0.2) is 0 Å². The highest BCUT2D eigenvalue weighted by atomic mass is 16.5. The van der Waals surface area contributed by atoms with Gasteiger partial charge in [-0.05, 0) is 63.5 Å². The van der Waals surface area contributed by atoms with Crippen molar-refractivity contribution in [3.8, 4) is 0 Å². The molecule has 2 saturated heterocycles. The van der Waals surface area contributed by atoms with Gasteiger partial charge in [0.05, 0.1) is 0 Å². The average molecular weight is 262 g/mol. The minimum absolute atomic E-state index is 0.580. The van der Waals surface area contributed by atoms with Crippen LogP contribution in [0.3, 0.4) is 0 Å². The first-order valence-corrected chi connectivity index (χ1v) is 7.86. The highest BCUT2D eigenvalue weighted by molar-refractivity contribution is 5.25. The zero-order valence-electron chi connectivity index (χ0n) is 12.1. The molecule has 0 aromatic heterocycles. The summed E-state index contributed by atoms with van der Waals surface area (Å²) in [5.74, 6) is 1.80. The zero-order chi connectivity index (χ0) is 13.1. The van der Waals surface area contributed by atoms with Crippen molar-refractivity contribution in [1.82, 2.24) is 9.80 Å². The first-order chi connectivity index (χ1) is 9.36. The summed E-state index contributed by atoms with van der Waals surface area (Å²) in [4.78, 5) is 5.06. The predicted molar refractivity (Wildman–Crippen MR) is 78.0 cm³/mol. The van der Waals surface area contributed by atoms with E-state index in [1.54, 1.807) is 0 Å². The van der Waals surface area contributed by atoms with Gasteiger partial charge in [0.1, 0.15) is 12.4 Å². The number of fused-ring (bicyclic) bond motifs is 1. The summed E-state index contributed by atoms with van der Waals surface area (Å²) in [6.45, 7) is 9.05. The van der Waals surface area contributed by atoms with Crippen molar-refractivity contribution in [3.05, 3.63) is 24.0 Å². The second-order valence-corrected chi connectivity index (χ2v) is 5.90. The van der Waals surface area contributed by atoms with Crippen LogP contribution in [0.5, 0.6) is 0 Å². The standard InChI is InChI=1S/C16H26N2O/c1-2-18-10-7-14-5-6-15(13-16(14)18)19-12-11-17-8-3-4-9-17/h5-6,13-14,16H,2-4,7-12H2,1H3. The van der Waals surface area contributed by atoms with Crippen LogP contribution in [0.4, 0.5) is 0 Å². The Morgan fingerprint density at radius 3 is 2.89 bits per heavy atom. The molecule has 0 aromatic carbocycles. The molecule has 3 aliphatic rings. The second-order valence-electron chi connectivity index (χ2n) is 5.90. The Bertz CT molecular complexity index is 358. The van der Waals surface area contributed by atoms with Gasteiger partial charge in [0.25, 0.3) is 0 Å². The lowest BCUT2D eigenvalue weighted by atomic mass is 9.95. The summed E-state index contributed by atoms with van der Waals surface area (Å²) in [6, 6.07) is 0.580. The van der Waals surface area contributed by atoms with Crippen LogP contribution in [-0.2, 0) is 4.74 Å². The molecule has 3 heteroatoms. The van der Waals surface area contributed by atoms with Crippen LogP contribution < -0.4 is 0 Å². The molecule has 0 bridgehead atoms. The number of likely N-dealkylation sites (N-methyl/N-ethyl adjacent to an activating group) is 1. The monoisotopic (exact) mass is 262 g/mol. The molecule has 2 fully saturated rings. The Hall–Kier alpha value is -0.800. The van der Waals surface area contributed by atoms with E-state index in [-0.39, 0.29) is 0 Å². The van der Waals surface area contributed by atoms with Crippen molar-refractivity contribution in [1.29, 1.82) is 0 Å². The molecule has 2 aliphatic heterocycles. The van der Waals surface area contributed by atoms with E-state index in [1.807, 2.05) is 0 Å². The molecule has 2 atom stereocenters. The quantitative estimate of drug-likeness (QED) is 0.756. The minimum Gasteiger partial charge on any atom is -0.493 e. The van der Waals surface area contributed by atoms with Crippen LogP contribution in [0.1, 0.15) is 26.2 Å². The molecule has 0 aromatic rings. The minimum atomic E-state index is 0.580. The van der Waals surface area contributed by atoms with E-state index in [1.165, 1.54) is 38.9 Å². The van der Waals surface area contributed by atoms with Crippen LogP contribution in [0.2, 0.25) is 0 Å². The maximum Gasteiger partial charge on any atom is 0.116 e. The first kappa shape index (κ1) is 13.2. The molecule has 1 aliphatic carbocycles. The normalized spacial score (nSPS) is 31.5. The van der Waals surface area contributed by atoms with E-state index in [9.17, 15) is 0 Å². The fourth-order valence-corrected chi connectivity index (χ4v) is 3.55. The van der Waals surface area contributed by atoms with E-state index >= 15 is 0 Å². The third-order valence-corrected chi connectivity index (χ3v) is 4.73. The lowest BCUT2D eigenvalue weighted by Gasteiger charge is -2.26. The molecule has 0 amide bonds. The van der Waals surface area contributed by atoms with E-state index in [4.69, 9.17) is 4.74 Å². The molecule has 2 heterocycles. The Morgan fingerprint density at radius 2 is 2.11 bits per heavy atom. The molecule has 2 unspecified atom stereocenters. The fourth-order valence-electron chi connectivity index (χ4n) is 3.55. The molecule has 3 nitrogen and oxygen atoms in total. The first-order valence-electron chi connectivity index (χ1n) is 7.86. The van der Waals surface area contributed by atoms with Crippen LogP contribution in [-0.4, -0.2) is 55.2 Å². The summed E-state index contributed by atoms with van der Waals surface area (Å²) >= 11 is 0. The van der Waals surface area contributed by atoms with Gasteiger partial charge in [-0.1, -0.05) is 13.0 Å². The van der Waals surface area contributed by atoms with Crippen LogP contribution in [0.25, 0.3) is 0 Å². The van der Waals surface area contributed by atoms with Gasteiger partial charge in [0.15, 0.2) is 0 Å². The number of rotatable bonds is 5. The smallest absolute Gasteiger partial charge is 0.116 e. The van der Waals surface area contributed by atoms with Crippen LogP contribution in [0, 0.1) is 5.92 Å². The lowest BCUT2D eigenvalue weighted by Crippen LogP contribution is -2.32. The topological polar surface area (TPSA) is 15.7 Å². The van der Waals surface area contributed by atoms with E-state index in [0.29, 0.717) is 12.0 Å². The van der Waals surface area contributed by atoms with Gasteiger partial charge in [0, 0.05) is 12.6 Å². The lowest BCUT2D eigenvalue weighted by molar-refractivity contribution is 0.173. The molecular weight excluding hydrogens is 236 g/mol. The number of hydrogen-bond acceptors (Lipinski definition) is 3. The number of nitrogens with zero attached hydrogens (tertiary/aromatic N) is 2. The fraction of sp³-hybridized carbons (Fsp3) is 0.750. The summed E-state index contributed by atoms with van der Waals surface area (Å²) < 4.78 is 5.95. The highest BCUT2D eigenvalue weighted by Gasteiger charge is 2.32. The number of allylic oxidation sites excluding steroid dienone is 1. The Labute approximate surface area is 116 Å². The summed E-state index contributed by atoms with van der Waals surface area (Å²) in [5, 5.41) is 0. The van der Waals surface area contributed by atoms with Gasteiger partial charge >= 0.3 is 0 Å². The van der Waals surface area contributed by atoms with Gasteiger partial charge < -0.3 is 4.74 Å². The van der Waals surface area contributed by atoms with Gasteiger partial charge in [-0.3, -0.25) is 9.80 Å². The SMILES string of the molecule is CCN1CCC2C=CC(OCCN3CCCC3)=CC21. The molecule has 19 heavy (non-hydrogen) atoms. The Kier molecular flexibility index (Phi) is 4.24. The summed E-state index contributed by atoms with van der Waals surface area (Å²) in [6.07, 6.45) is 10.9. The van der Waals surface area contributed by atoms with Crippen molar-refractivity contribution in [2.75, 3.05) is 39.3 Å². The van der Waals surface area contributed by atoms with E-state index in [0.717, 1.165) is 25.5 Å². The predicted octanol–water partition coefficient (Wildman–Crippen LogP) is 2.26. The van der Waals surface area contributed by atoms with Crippen LogP contribution >= 0.6 is 0 Å². The van der Waals surface area contributed by atoms with Gasteiger partial charge in [-0.2, -0.15) is 0 Å². The number of likely N-dealkylation sites (tertiary alicyclic amines) is 2. The molecule has 3 rings (SSSR count). The largest absolute Gasteiger partial charge is 0.493 e. The molecule has 0 N–H and O–H groups in total. The molecule has 0 radical (unpaired) electrons. The third-order valence-electron chi connectivity index (χ3n) is 4.73. The molecular formula is C16H26N2O. The maximum absolute atomic E-state index is 5.95. The van der Waals surface area contributed by atoms with Gasteiger partial charge in [0.2, 0.25) is 0 Å². The molecule has 0 saturated carbocycles. The van der Waals surface area contributed by atoms with Crippen molar-refractivity contribution in [2.45, 2.75) is 32.2 Å². The maximum atomic E-state index is 5.95. The Balaban J connectivity index is 1.49. The number of ether oxygens (including phenoxy) is 1.